The van der Waals surface area contributed by atoms with E-state index in [-0.39, 0.29) is 12.3 Å². The minimum absolute atomic E-state index is 0.0439. The van der Waals surface area contributed by atoms with Gasteiger partial charge in [-0.1, -0.05) is 18.2 Å². The zero-order valence-corrected chi connectivity index (χ0v) is 17.6. The lowest BCUT2D eigenvalue weighted by Crippen LogP contribution is -2.31. The van der Waals surface area contributed by atoms with E-state index in [1.165, 1.54) is 28.3 Å². The maximum absolute atomic E-state index is 12.4. The number of carbonyl (C=O) groups excluding carboxylic acids is 2. The summed E-state index contributed by atoms with van der Waals surface area (Å²) in [5.74, 6) is 0.392. The number of esters is 1. The Morgan fingerprint density at radius 3 is 2.00 bits per heavy atom. The van der Waals surface area contributed by atoms with Crippen molar-refractivity contribution >= 4 is 17.6 Å². The highest BCUT2D eigenvalue weighted by molar-refractivity contribution is 5.96. The van der Waals surface area contributed by atoms with Crippen LogP contribution in [0.3, 0.4) is 0 Å². The number of carbonyl (C=O) groups is 2. The molecule has 0 saturated heterocycles. The summed E-state index contributed by atoms with van der Waals surface area (Å²) in [5, 5.41) is 2.83. The number of aryl methyl sites for hydroxylation is 2. The first-order valence-corrected chi connectivity index (χ1v) is 9.16. The summed E-state index contributed by atoms with van der Waals surface area (Å²) in [6, 6.07) is 9.07. The highest BCUT2D eigenvalue weighted by Crippen LogP contribution is 2.38. The lowest BCUT2D eigenvalue weighted by Gasteiger charge is -2.17. The smallest absolute Gasteiger partial charge is 0.311 e. The third-order valence-corrected chi connectivity index (χ3v) is 4.48. The van der Waals surface area contributed by atoms with Crippen LogP contribution in [0.2, 0.25) is 0 Å². The molecule has 1 atom stereocenters. The van der Waals surface area contributed by atoms with Crippen LogP contribution >= 0.6 is 0 Å². The molecule has 7 heteroatoms. The van der Waals surface area contributed by atoms with Crippen molar-refractivity contribution in [3.05, 3.63) is 47.0 Å². The van der Waals surface area contributed by atoms with Crippen LogP contribution in [0.15, 0.2) is 30.3 Å². The number of hydrogen-bond donors (Lipinski definition) is 1. The lowest BCUT2D eigenvalue weighted by atomic mass is 10.1. The molecule has 0 fully saturated rings. The number of amides is 1. The second-order valence-corrected chi connectivity index (χ2v) is 6.60. The summed E-state index contributed by atoms with van der Waals surface area (Å²) in [7, 11) is 4.50. The fourth-order valence-corrected chi connectivity index (χ4v) is 2.93. The van der Waals surface area contributed by atoms with Crippen molar-refractivity contribution in [1.29, 1.82) is 0 Å². The normalized spacial score (nSPS) is 11.4. The monoisotopic (exact) mass is 401 g/mol. The van der Waals surface area contributed by atoms with Gasteiger partial charge in [-0.05, 0) is 49.6 Å². The van der Waals surface area contributed by atoms with Gasteiger partial charge in [0.25, 0.3) is 5.91 Å². The van der Waals surface area contributed by atoms with E-state index in [0.717, 1.165) is 16.8 Å². The first kappa shape index (κ1) is 22.1. The van der Waals surface area contributed by atoms with Gasteiger partial charge >= 0.3 is 5.97 Å². The van der Waals surface area contributed by atoms with Crippen LogP contribution < -0.4 is 19.5 Å². The van der Waals surface area contributed by atoms with E-state index in [2.05, 4.69) is 5.32 Å². The van der Waals surface area contributed by atoms with Crippen LogP contribution in [0.25, 0.3) is 0 Å². The molecule has 2 aromatic rings. The van der Waals surface area contributed by atoms with Crippen molar-refractivity contribution in [3.63, 3.8) is 0 Å². The van der Waals surface area contributed by atoms with Gasteiger partial charge in [0.1, 0.15) is 0 Å². The van der Waals surface area contributed by atoms with Crippen LogP contribution in [0.1, 0.15) is 23.6 Å². The van der Waals surface area contributed by atoms with Crippen molar-refractivity contribution in [2.45, 2.75) is 33.3 Å². The molecule has 156 valence electrons. The molecule has 0 radical (unpaired) electrons. The third-order valence-electron chi connectivity index (χ3n) is 4.48. The van der Waals surface area contributed by atoms with Gasteiger partial charge in [-0.15, -0.1) is 0 Å². The number of ether oxygens (including phenoxy) is 4. The molecule has 29 heavy (non-hydrogen) atoms. The largest absolute Gasteiger partial charge is 0.493 e. The Balaban J connectivity index is 2.06. The molecular formula is C22H27NO6. The Kier molecular flexibility index (Phi) is 7.47. The van der Waals surface area contributed by atoms with E-state index in [9.17, 15) is 9.59 Å². The molecule has 0 heterocycles. The quantitative estimate of drug-likeness (QED) is 0.683. The van der Waals surface area contributed by atoms with Crippen LogP contribution in [-0.2, 0) is 20.7 Å². The average Bonchev–Trinajstić information content (AvgIpc) is 2.69. The number of anilines is 1. The molecule has 0 aliphatic rings. The van der Waals surface area contributed by atoms with Gasteiger partial charge in [0.15, 0.2) is 17.6 Å². The molecule has 2 rings (SSSR count). The van der Waals surface area contributed by atoms with Gasteiger partial charge in [-0.25, -0.2) is 0 Å². The number of methoxy groups -OCH3 is 3. The maximum Gasteiger partial charge on any atom is 0.311 e. The van der Waals surface area contributed by atoms with E-state index in [4.69, 9.17) is 18.9 Å². The number of benzene rings is 2. The van der Waals surface area contributed by atoms with Gasteiger partial charge < -0.3 is 24.3 Å². The summed E-state index contributed by atoms with van der Waals surface area (Å²) in [4.78, 5) is 24.8. The molecule has 0 aliphatic carbocycles. The predicted molar refractivity (Wildman–Crippen MR) is 110 cm³/mol. The summed E-state index contributed by atoms with van der Waals surface area (Å²) < 4.78 is 21.2. The van der Waals surface area contributed by atoms with E-state index in [1.807, 2.05) is 32.0 Å². The Bertz CT molecular complexity index is 848. The van der Waals surface area contributed by atoms with Crippen molar-refractivity contribution < 1.29 is 28.5 Å². The number of nitrogens with one attached hydrogen (secondary N) is 1. The number of rotatable bonds is 8. The minimum atomic E-state index is -0.941. The average molecular weight is 401 g/mol. The van der Waals surface area contributed by atoms with E-state index >= 15 is 0 Å². The Morgan fingerprint density at radius 1 is 0.966 bits per heavy atom. The highest BCUT2D eigenvalue weighted by Gasteiger charge is 2.21. The van der Waals surface area contributed by atoms with Crippen LogP contribution in [0.4, 0.5) is 5.69 Å². The Morgan fingerprint density at radius 2 is 1.52 bits per heavy atom. The van der Waals surface area contributed by atoms with Crippen LogP contribution in [0, 0.1) is 13.8 Å². The standard InChI is InChI=1S/C22H27NO6/c1-13-8-7-9-14(2)20(13)23-22(25)15(3)29-19(24)12-16-10-17(26-4)21(28-6)18(11-16)27-5/h7-11,15H,12H2,1-6H3,(H,23,25). The maximum atomic E-state index is 12.4. The summed E-state index contributed by atoms with van der Waals surface area (Å²) >= 11 is 0. The van der Waals surface area contributed by atoms with Crippen molar-refractivity contribution in [2.24, 2.45) is 0 Å². The van der Waals surface area contributed by atoms with E-state index in [1.54, 1.807) is 12.1 Å². The molecule has 0 aromatic heterocycles. The Labute approximate surface area is 170 Å². The molecule has 1 N–H and O–H groups in total. The number of hydrogen-bond acceptors (Lipinski definition) is 6. The molecule has 0 aliphatic heterocycles. The van der Waals surface area contributed by atoms with Crippen molar-refractivity contribution in [2.75, 3.05) is 26.6 Å². The molecule has 7 nitrogen and oxygen atoms in total. The molecule has 0 spiro atoms. The van der Waals surface area contributed by atoms with Gasteiger partial charge in [-0.3, -0.25) is 9.59 Å². The van der Waals surface area contributed by atoms with E-state index in [0.29, 0.717) is 22.8 Å². The number of para-hydroxylation sites is 1. The highest BCUT2D eigenvalue weighted by atomic mass is 16.5. The van der Waals surface area contributed by atoms with Crippen LogP contribution in [-0.4, -0.2) is 39.3 Å². The molecule has 2 aromatic carbocycles. The van der Waals surface area contributed by atoms with Gasteiger partial charge in [0.05, 0.1) is 27.8 Å². The molecule has 0 saturated carbocycles. The zero-order chi connectivity index (χ0) is 21.6. The van der Waals surface area contributed by atoms with Crippen molar-refractivity contribution in [3.8, 4) is 17.2 Å². The summed E-state index contributed by atoms with van der Waals surface area (Å²) in [5.41, 5.74) is 3.22. The topological polar surface area (TPSA) is 83.1 Å². The van der Waals surface area contributed by atoms with Gasteiger partial charge in [0.2, 0.25) is 5.75 Å². The third kappa shape index (κ3) is 5.40. The SMILES string of the molecule is COc1cc(CC(=O)OC(C)C(=O)Nc2c(C)cccc2C)cc(OC)c1OC. The second-order valence-electron chi connectivity index (χ2n) is 6.60. The molecule has 1 amide bonds. The van der Waals surface area contributed by atoms with Crippen molar-refractivity contribution in [1.82, 2.24) is 0 Å². The molecular weight excluding hydrogens is 374 g/mol. The summed E-state index contributed by atoms with van der Waals surface area (Å²) in [6.45, 7) is 5.35. The predicted octanol–water partition coefficient (Wildman–Crippen LogP) is 3.44. The van der Waals surface area contributed by atoms with Gasteiger partial charge in [-0.2, -0.15) is 0 Å². The first-order chi connectivity index (χ1) is 13.8. The fourth-order valence-electron chi connectivity index (χ4n) is 2.93. The first-order valence-electron chi connectivity index (χ1n) is 9.16. The van der Waals surface area contributed by atoms with E-state index < -0.39 is 12.1 Å². The van der Waals surface area contributed by atoms with Crippen LogP contribution in [0.5, 0.6) is 17.2 Å². The second kappa shape index (κ2) is 9.82. The minimum Gasteiger partial charge on any atom is -0.493 e. The molecule has 0 bridgehead atoms. The lowest BCUT2D eigenvalue weighted by molar-refractivity contribution is -0.152. The van der Waals surface area contributed by atoms with Gasteiger partial charge in [0, 0.05) is 5.69 Å². The molecule has 1 unspecified atom stereocenters. The fraction of sp³-hybridized carbons (Fsp3) is 0.364. The zero-order valence-electron chi connectivity index (χ0n) is 17.6. The summed E-state index contributed by atoms with van der Waals surface area (Å²) in [6.07, 6.45) is -0.985. The Hall–Kier alpha value is -3.22.